The number of benzene rings is 2. The monoisotopic (exact) mass is 451 g/mol. The fourth-order valence-electron chi connectivity index (χ4n) is 3.69. The quantitative estimate of drug-likeness (QED) is 0.505. The predicted molar refractivity (Wildman–Crippen MR) is 120 cm³/mol. The van der Waals surface area contributed by atoms with Gasteiger partial charge >= 0.3 is 12.1 Å². The number of rotatable bonds is 7. The number of aromatic nitrogens is 1. The van der Waals surface area contributed by atoms with Crippen molar-refractivity contribution in [1.29, 1.82) is 0 Å². The van der Waals surface area contributed by atoms with E-state index in [1.165, 1.54) is 6.92 Å². The normalized spacial score (nSPS) is 13.0. The number of ether oxygens (including phenoxy) is 1. The highest BCUT2D eigenvalue weighted by atomic mass is 32.1. The van der Waals surface area contributed by atoms with Gasteiger partial charge in [-0.1, -0.05) is 48.5 Å². The minimum absolute atomic E-state index is 0.0417. The molecule has 2 aromatic carbocycles. The molecule has 0 fully saturated rings. The Labute approximate surface area is 188 Å². The van der Waals surface area contributed by atoms with Crippen LogP contribution in [0.5, 0.6) is 0 Å². The molecule has 164 valence electrons. The van der Waals surface area contributed by atoms with Gasteiger partial charge in [0.05, 0.1) is 12.1 Å². The van der Waals surface area contributed by atoms with Gasteiger partial charge in [0.25, 0.3) is 0 Å². The number of carbonyl (C=O) groups excluding carboxylic acids is 2. The van der Waals surface area contributed by atoms with Gasteiger partial charge in [-0.25, -0.2) is 9.78 Å². The minimum atomic E-state index is -1.12. The van der Waals surface area contributed by atoms with Crippen LogP contribution in [0.1, 0.15) is 29.7 Å². The van der Waals surface area contributed by atoms with E-state index >= 15 is 0 Å². The number of amides is 2. The molecule has 1 atom stereocenters. The van der Waals surface area contributed by atoms with Gasteiger partial charge in [-0.05, 0) is 29.2 Å². The van der Waals surface area contributed by atoms with Crippen LogP contribution < -0.4 is 10.6 Å². The van der Waals surface area contributed by atoms with E-state index in [4.69, 9.17) is 9.84 Å². The van der Waals surface area contributed by atoms with Crippen molar-refractivity contribution >= 4 is 34.4 Å². The summed E-state index contributed by atoms with van der Waals surface area (Å²) >= 11 is 1.16. The standard InChI is InChI=1S/C23H21N3O5S/c1-13(21(28)29)24-20(27)10-14-12-32-22(25-14)26-23(30)31-11-19-17-8-4-2-6-15(17)16-7-3-5-9-18(16)19/h2-9,12-13,19H,10-11H2,1H3,(H,24,27)(H,28,29)(H,25,26,30)/t13-/m1/s1. The highest BCUT2D eigenvalue weighted by molar-refractivity contribution is 7.13. The second-order valence-corrected chi connectivity index (χ2v) is 8.26. The summed E-state index contributed by atoms with van der Waals surface area (Å²) in [5.74, 6) is -1.62. The lowest BCUT2D eigenvalue weighted by Gasteiger charge is -2.14. The third kappa shape index (κ3) is 4.62. The van der Waals surface area contributed by atoms with Crippen LogP contribution >= 0.6 is 11.3 Å². The highest BCUT2D eigenvalue weighted by Crippen LogP contribution is 2.44. The molecule has 0 saturated heterocycles. The van der Waals surface area contributed by atoms with E-state index in [0.29, 0.717) is 10.8 Å². The van der Waals surface area contributed by atoms with Gasteiger partial charge < -0.3 is 15.2 Å². The van der Waals surface area contributed by atoms with E-state index < -0.39 is 24.0 Å². The Bertz CT molecular complexity index is 1130. The first-order chi connectivity index (χ1) is 15.4. The number of hydrogen-bond donors (Lipinski definition) is 3. The molecule has 0 aliphatic heterocycles. The lowest BCUT2D eigenvalue weighted by molar-refractivity contribution is -0.141. The highest BCUT2D eigenvalue weighted by Gasteiger charge is 2.29. The average Bonchev–Trinajstić information content (AvgIpc) is 3.34. The summed E-state index contributed by atoms with van der Waals surface area (Å²) in [6, 6.07) is 15.2. The zero-order valence-electron chi connectivity index (χ0n) is 17.2. The zero-order valence-corrected chi connectivity index (χ0v) is 18.0. The van der Waals surface area contributed by atoms with E-state index in [1.807, 2.05) is 36.4 Å². The molecular formula is C23H21N3O5S. The molecule has 0 unspecified atom stereocenters. The van der Waals surface area contributed by atoms with Crippen molar-refractivity contribution in [3.8, 4) is 11.1 Å². The predicted octanol–water partition coefficient (Wildman–Crippen LogP) is 3.64. The molecule has 0 bridgehead atoms. The van der Waals surface area contributed by atoms with Crippen LogP contribution in [0.15, 0.2) is 53.9 Å². The van der Waals surface area contributed by atoms with Crippen LogP contribution in [0.3, 0.4) is 0 Å². The molecular weight excluding hydrogens is 430 g/mol. The van der Waals surface area contributed by atoms with E-state index in [9.17, 15) is 14.4 Å². The second kappa shape index (κ2) is 9.19. The summed E-state index contributed by atoms with van der Waals surface area (Å²) in [4.78, 5) is 39.2. The molecule has 9 heteroatoms. The van der Waals surface area contributed by atoms with Gasteiger partial charge in [0.1, 0.15) is 12.6 Å². The van der Waals surface area contributed by atoms with Crippen LogP contribution in [0, 0.1) is 0 Å². The van der Waals surface area contributed by atoms with Crippen molar-refractivity contribution in [2.45, 2.75) is 25.3 Å². The first-order valence-electron chi connectivity index (χ1n) is 10.0. The van der Waals surface area contributed by atoms with Crippen LogP contribution in [0.25, 0.3) is 11.1 Å². The molecule has 0 radical (unpaired) electrons. The Kier molecular flexibility index (Phi) is 6.18. The van der Waals surface area contributed by atoms with Crippen LogP contribution in [0.4, 0.5) is 9.93 Å². The number of anilines is 1. The number of nitrogens with one attached hydrogen (secondary N) is 2. The van der Waals surface area contributed by atoms with E-state index in [1.54, 1.807) is 5.38 Å². The molecule has 4 rings (SSSR count). The summed E-state index contributed by atoms with van der Waals surface area (Å²) in [5, 5.41) is 15.7. The number of carboxylic acid groups (broad SMARTS) is 1. The summed E-state index contributed by atoms with van der Waals surface area (Å²) in [6.45, 7) is 1.57. The second-order valence-electron chi connectivity index (χ2n) is 7.40. The maximum absolute atomic E-state index is 12.3. The Balaban J connectivity index is 1.34. The van der Waals surface area contributed by atoms with Gasteiger partial charge in [0, 0.05) is 11.3 Å². The Morgan fingerprint density at radius 2 is 1.72 bits per heavy atom. The van der Waals surface area contributed by atoms with Crippen LogP contribution in [-0.2, 0) is 20.7 Å². The molecule has 32 heavy (non-hydrogen) atoms. The number of carboxylic acids is 1. The molecule has 2 amide bonds. The largest absolute Gasteiger partial charge is 0.480 e. The Hall–Kier alpha value is -3.72. The third-order valence-corrected chi connectivity index (χ3v) is 6.00. The maximum Gasteiger partial charge on any atom is 0.413 e. The average molecular weight is 452 g/mol. The van der Waals surface area contributed by atoms with Gasteiger partial charge in [0.15, 0.2) is 5.13 Å². The summed E-state index contributed by atoms with van der Waals surface area (Å²) in [7, 11) is 0. The number of thiazole rings is 1. The van der Waals surface area contributed by atoms with Crippen LogP contribution in [-0.4, -0.2) is 40.7 Å². The van der Waals surface area contributed by atoms with Gasteiger partial charge in [-0.3, -0.25) is 14.9 Å². The molecule has 0 spiro atoms. The van der Waals surface area contributed by atoms with Crippen molar-refractivity contribution in [2.75, 3.05) is 11.9 Å². The summed E-state index contributed by atoms with van der Waals surface area (Å²) < 4.78 is 5.49. The molecule has 0 saturated carbocycles. The van der Waals surface area contributed by atoms with Crippen molar-refractivity contribution in [1.82, 2.24) is 10.3 Å². The number of nitrogens with zero attached hydrogens (tertiary/aromatic N) is 1. The van der Waals surface area contributed by atoms with Crippen molar-refractivity contribution in [3.63, 3.8) is 0 Å². The number of aliphatic carboxylic acids is 1. The number of fused-ring (bicyclic) bond motifs is 3. The van der Waals surface area contributed by atoms with Gasteiger partial charge in [0.2, 0.25) is 5.91 Å². The Morgan fingerprint density at radius 1 is 1.09 bits per heavy atom. The first kappa shape index (κ1) is 21.5. The fourth-order valence-corrected chi connectivity index (χ4v) is 4.38. The molecule has 3 N–H and O–H groups in total. The van der Waals surface area contributed by atoms with Crippen molar-refractivity contribution < 1.29 is 24.2 Å². The molecule has 3 aromatic rings. The topological polar surface area (TPSA) is 118 Å². The Morgan fingerprint density at radius 3 is 2.34 bits per heavy atom. The first-order valence-corrected chi connectivity index (χ1v) is 10.9. The zero-order chi connectivity index (χ0) is 22.7. The molecule has 1 aliphatic carbocycles. The molecule has 8 nitrogen and oxygen atoms in total. The molecule has 1 aliphatic rings. The summed E-state index contributed by atoms with van der Waals surface area (Å²) in [5.41, 5.74) is 4.98. The van der Waals surface area contributed by atoms with Crippen LogP contribution in [0.2, 0.25) is 0 Å². The van der Waals surface area contributed by atoms with E-state index in [2.05, 4.69) is 27.8 Å². The summed E-state index contributed by atoms with van der Waals surface area (Å²) in [6.07, 6.45) is -0.711. The number of hydrogen-bond acceptors (Lipinski definition) is 6. The molecule has 1 aromatic heterocycles. The third-order valence-electron chi connectivity index (χ3n) is 5.19. The van der Waals surface area contributed by atoms with E-state index in [-0.39, 0.29) is 18.9 Å². The van der Waals surface area contributed by atoms with Crippen molar-refractivity contribution in [3.05, 3.63) is 70.7 Å². The number of carbonyl (C=O) groups is 3. The SMILES string of the molecule is C[C@@H](NC(=O)Cc1csc(NC(=O)OCC2c3ccccc3-c3ccccc32)n1)C(=O)O. The lowest BCUT2D eigenvalue weighted by atomic mass is 9.98. The van der Waals surface area contributed by atoms with Gasteiger partial charge in [-0.2, -0.15) is 0 Å². The lowest BCUT2D eigenvalue weighted by Crippen LogP contribution is -2.39. The smallest absolute Gasteiger partial charge is 0.413 e. The molecule has 1 heterocycles. The van der Waals surface area contributed by atoms with Gasteiger partial charge in [-0.15, -0.1) is 11.3 Å². The van der Waals surface area contributed by atoms with E-state index in [0.717, 1.165) is 33.6 Å². The fraction of sp³-hybridized carbons (Fsp3) is 0.217. The van der Waals surface area contributed by atoms with Crippen molar-refractivity contribution in [2.24, 2.45) is 0 Å². The minimum Gasteiger partial charge on any atom is -0.480 e. The maximum atomic E-state index is 12.3.